The molecule has 1 unspecified atom stereocenters. The molecule has 2 aromatic carbocycles. The highest BCUT2D eigenvalue weighted by molar-refractivity contribution is 8.00. The molecular formula is C19H19O3P. The molecule has 0 aliphatic heterocycles. The summed E-state index contributed by atoms with van der Waals surface area (Å²) in [4.78, 5) is 25.4. The minimum Gasteiger partial charge on any atom is -0.302 e. The van der Waals surface area contributed by atoms with Gasteiger partial charge < -0.3 is 4.57 Å². The molecule has 0 radical (unpaired) electrons. The summed E-state index contributed by atoms with van der Waals surface area (Å²) < 4.78 is 13.5. The molecule has 0 spiro atoms. The molecule has 0 N–H and O–H groups in total. The van der Waals surface area contributed by atoms with Crippen LogP contribution in [-0.2, 0) is 9.36 Å². The Morgan fingerprint density at radius 2 is 1.52 bits per heavy atom. The van der Waals surface area contributed by atoms with E-state index in [0.29, 0.717) is 5.56 Å². The number of hydrogen-bond acceptors (Lipinski definition) is 3. The Morgan fingerprint density at radius 3 is 2.00 bits per heavy atom. The first-order valence-electron chi connectivity index (χ1n) is 7.27. The van der Waals surface area contributed by atoms with E-state index in [1.54, 1.807) is 44.2 Å². The second kappa shape index (κ2) is 6.47. The molecular weight excluding hydrogens is 307 g/mol. The Bertz CT molecular complexity index is 812. The van der Waals surface area contributed by atoms with E-state index >= 15 is 0 Å². The number of rotatable bonds is 5. The molecule has 0 aliphatic carbocycles. The Kier molecular flexibility index (Phi) is 4.82. The van der Waals surface area contributed by atoms with Gasteiger partial charge in [0.05, 0.1) is 0 Å². The number of allylic oxidation sites excluding steroid dienone is 1. The monoisotopic (exact) mass is 326 g/mol. The molecule has 0 saturated carbocycles. The SMILES string of the molecule is C=CC(=O)P(=O)(C(=O)c1c(C)cc(C)cc1C)c1ccccc1. The number of hydrogen-bond donors (Lipinski definition) is 0. The fourth-order valence-electron chi connectivity index (χ4n) is 2.79. The van der Waals surface area contributed by atoms with Crippen LogP contribution in [0.1, 0.15) is 27.0 Å². The van der Waals surface area contributed by atoms with Crippen molar-refractivity contribution in [3.05, 3.63) is 77.4 Å². The van der Waals surface area contributed by atoms with Crippen LogP contribution in [-0.4, -0.2) is 11.0 Å². The van der Waals surface area contributed by atoms with Crippen molar-refractivity contribution in [2.24, 2.45) is 0 Å². The van der Waals surface area contributed by atoms with E-state index in [0.717, 1.165) is 22.8 Å². The summed E-state index contributed by atoms with van der Waals surface area (Å²) in [5, 5.41) is 0.245. The van der Waals surface area contributed by atoms with Gasteiger partial charge in [-0.25, -0.2) is 0 Å². The van der Waals surface area contributed by atoms with Crippen LogP contribution < -0.4 is 5.30 Å². The van der Waals surface area contributed by atoms with Crippen LogP contribution in [0.15, 0.2) is 55.1 Å². The van der Waals surface area contributed by atoms with Gasteiger partial charge >= 0.3 is 0 Å². The molecule has 0 fully saturated rings. The fourth-order valence-corrected chi connectivity index (χ4v) is 4.99. The lowest BCUT2D eigenvalue weighted by atomic mass is 10.0. The maximum atomic E-state index is 13.5. The molecule has 2 aromatic rings. The van der Waals surface area contributed by atoms with Gasteiger partial charge in [0, 0.05) is 10.9 Å². The largest absolute Gasteiger partial charge is 0.302 e. The lowest BCUT2D eigenvalue weighted by Gasteiger charge is -2.18. The second-order valence-corrected chi connectivity index (χ2v) is 8.15. The van der Waals surface area contributed by atoms with Gasteiger partial charge in [0.15, 0.2) is 0 Å². The van der Waals surface area contributed by atoms with Crippen LogP contribution in [0.3, 0.4) is 0 Å². The van der Waals surface area contributed by atoms with Gasteiger partial charge in [-0.2, -0.15) is 0 Å². The van der Waals surface area contributed by atoms with Gasteiger partial charge in [-0.05, 0) is 38.0 Å². The molecule has 0 heterocycles. The van der Waals surface area contributed by atoms with Crippen LogP contribution in [0, 0.1) is 20.8 Å². The lowest BCUT2D eigenvalue weighted by molar-refractivity contribution is -0.107. The molecule has 3 nitrogen and oxygen atoms in total. The molecule has 0 saturated heterocycles. The van der Waals surface area contributed by atoms with Crippen molar-refractivity contribution in [1.29, 1.82) is 0 Å². The predicted molar refractivity (Wildman–Crippen MR) is 93.9 cm³/mol. The van der Waals surface area contributed by atoms with Crippen molar-refractivity contribution in [3.8, 4) is 0 Å². The van der Waals surface area contributed by atoms with E-state index in [2.05, 4.69) is 6.58 Å². The third-order valence-electron chi connectivity index (χ3n) is 3.78. The topological polar surface area (TPSA) is 51.2 Å². The molecule has 0 bridgehead atoms. The molecule has 4 heteroatoms. The van der Waals surface area contributed by atoms with E-state index in [1.807, 2.05) is 19.1 Å². The lowest BCUT2D eigenvalue weighted by Crippen LogP contribution is -2.20. The Morgan fingerprint density at radius 1 is 1.00 bits per heavy atom. The second-order valence-electron chi connectivity index (χ2n) is 5.57. The third-order valence-corrected chi connectivity index (χ3v) is 6.41. The van der Waals surface area contributed by atoms with Crippen molar-refractivity contribution >= 4 is 23.5 Å². The van der Waals surface area contributed by atoms with Crippen molar-refractivity contribution < 1.29 is 14.2 Å². The molecule has 0 amide bonds. The zero-order valence-electron chi connectivity index (χ0n) is 13.5. The van der Waals surface area contributed by atoms with Gasteiger partial charge in [-0.3, -0.25) is 9.59 Å². The number of carbonyl (C=O) groups is 2. The summed E-state index contributed by atoms with van der Waals surface area (Å²) in [5.41, 5.74) is 1.47. The normalized spacial score (nSPS) is 13.2. The Hall–Kier alpha value is -2.25. The van der Waals surface area contributed by atoms with Crippen LogP contribution in [0.5, 0.6) is 0 Å². The van der Waals surface area contributed by atoms with E-state index in [-0.39, 0.29) is 5.30 Å². The maximum absolute atomic E-state index is 13.5. The number of carbonyl (C=O) groups excluding carboxylic acids is 2. The highest BCUT2D eigenvalue weighted by Gasteiger charge is 2.41. The molecule has 2 rings (SSSR count). The molecule has 0 aromatic heterocycles. The molecule has 1 atom stereocenters. The van der Waals surface area contributed by atoms with Crippen LogP contribution in [0.25, 0.3) is 0 Å². The highest BCUT2D eigenvalue weighted by Crippen LogP contribution is 2.50. The molecule has 23 heavy (non-hydrogen) atoms. The quantitative estimate of drug-likeness (QED) is 0.612. The zero-order valence-corrected chi connectivity index (χ0v) is 14.4. The number of benzene rings is 2. The van der Waals surface area contributed by atoms with Crippen molar-refractivity contribution in [3.63, 3.8) is 0 Å². The summed E-state index contributed by atoms with van der Waals surface area (Å²) in [7, 11) is -3.94. The first-order chi connectivity index (χ1) is 10.8. The standard InChI is InChI=1S/C19H19O3P/c1-5-17(20)23(22,16-9-7-6-8-10-16)19(21)18-14(3)11-13(2)12-15(18)4/h5-12H,1H2,2-4H3. The number of aryl methyl sites for hydroxylation is 3. The minimum absolute atomic E-state index is 0.245. The summed E-state index contributed by atoms with van der Waals surface area (Å²) in [6.07, 6.45) is 0.977. The average molecular weight is 326 g/mol. The van der Waals surface area contributed by atoms with E-state index < -0.39 is 18.2 Å². The van der Waals surface area contributed by atoms with E-state index in [4.69, 9.17) is 0 Å². The van der Waals surface area contributed by atoms with Gasteiger partial charge in [-0.15, -0.1) is 0 Å². The van der Waals surface area contributed by atoms with Gasteiger partial charge in [-0.1, -0.05) is 54.6 Å². The average Bonchev–Trinajstić information content (AvgIpc) is 2.53. The summed E-state index contributed by atoms with van der Waals surface area (Å²) in [6, 6.07) is 11.9. The maximum Gasteiger partial charge on any atom is 0.247 e. The minimum atomic E-state index is -3.94. The highest BCUT2D eigenvalue weighted by atomic mass is 31.2. The van der Waals surface area contributed by atoms with Gasteiger partial charge in [0.25, 0.3) is 0 Å². The third kappa shape index (κ3) is 2.97. The van der Waals surface area contributed by atoms with Crippen molar-refractivity contribution in [1.82, 2.24) is 0 Å². The Balaban J connectivity index is 2.72. The summed E-state index contributed by atoms with van der Waals surface area (Å²) in [5.74, 6) is 0. The van der Waals surface area contributed by atoms with Crippen molar-refractivity contribution in [2.45, 2.75) is 20.8 Å². The Labute approximate surface area is 136 Å². The summed E-state index contributed by atoms with van der Waals surface area (Å²) >= 11 is 0. The zero-order chi connectivity index (χ0) is 17.2. The first-order valence-corrected chi connectivity index (χ1v) is 8.98. The van der Waals surface area contributed by atoms with Crippen molar-refractivity contribution in [2.75, 3.05) is 0 Å². The molecule has 118 valence electrons. The molecule has 0 aliphatic rings. The van der Waals surface area contributed by atoms with Crippen LogP contribution in [0.2, 0.25) is 0 Å². The van der Waals surface area contributed by atoms with E-state index in [1.165, 1.54) is 0 Å². The van der Waals surface area contributed by atoms with Crippen LogP contribution in [0.4, 0.5) is 0 Å². The first kappa shape index (κ1) is 17.1. The van der Waals surface area contributed by atoms with Gasteiger partial charge in [0.2, 0.25) is 18.2 Å². The fraction of sp³-hybridized carbons (Fsp3) is 0.158. The summed E-state index contributed by atoms with van der Waals surface area (Å²) in [6.45, 7) is 8.93. The smallest absolute Gasteiger partial charge is 0.247 e. The van der Waals surface area contributed by atoms with Crippen LogP contribution >= 0.6 is 7.14 Å². The predicted octanol–water partition coefficient (Wildman–Crippen LogP) is 4.15. The van der Waals surface area contributed by atoms with Gasteiger partial charge in [0.1, 0.15) is 0 Å². The van der Waals surface area contributed by atoms with E-state index in [9.17, 15) is 14.2 Å².